The van der Waals surface area contributed by atoms with Crippen LogP contribution in [0.4, 0.5) is 0 Å². The summed E-state index contributed by atoms with van der Waals surface area (Å²) in [5.41, 5.74) is 8.42. The molecule has 3 nitrogen and oxygen atoms in total. The van der Waals surface area contributed by atoms with Gasteiger partial charge in [-0.05, 0) is 48.7 Å². The molecule has 5 aromatic rings. The van der Waals surface area contributed by atoms with E-state index in [1.165, 1.54) is 11.1 Å². The van der Waals surface area contributed by atoms with Gasteiger partial charge in [-0.1, -0.05) is 74.5 Å². The van der Waals surface area contributed by atoms with E-state index in [0.29, 0.717) is 0 Å². The number of ether oxygens (including phenoxy) is 1. The number of nitrogens with zero attached hydrogens (tertiary/aromatic N) is 2. The minimum absolute atomic E-state index is 0.0784. The Bertz CT molecular complexity index is 1500. The maximum absolute atomic E-state index is 6.33. The van der Waals surface area contributed by atoms with Gasteiger partial charge < -0.3 is 4.74 Å². The number of benzene rings is 4. The third-order valence-corrected chi connectivity index (χ3v) is 7.28. The van der Waals surface area contributed by atoms with E-state index in [2.05, 4.69) is 86.6 Å². The van der Waals surface area contributed by atoms with Crippen molar-refractivity contribution in [3.63, 3.8) is 0 Å². The number of fused-ring (bicyclic) bond motifs is 3. The molecule has 0 aliphatic carbocycles. The quantitative estimate of drug-likeness (QED) is 0.281. The molecule has 0 amide bonds. The van der Waals surface area contributed by atoms with Gasteiger partial charge >= 0.3 is 0 Å². The van der Waals surface area contributed by atoms with Crippen molar-refractivity contribution in [2.24, 2.45) is 0 Å². The Kier molecular flexibility index (Phi) is 4.91. The predicted molar refractivity (Wildman–Crippen MR) is 138 cm³/mol. The molecule has 0 saturated heterocycles. The highest BCUT2D eigenvalue weighted by atomic mass is 16.5. The van der Waals surface area contributed by atoms with E-state index in [4.69, 9.17) is 14.7 Å². The second-order valence-electron chi connectivity index (χ2n) is 8.89. The first-order valence-electron chi connectivity index (χ1n) is 12.0. The van der Waals surface area contributed by atoms with Crippen molar-refractivity contribution in [3.05, 3.63) is 108 Å². The van der Waals surface area contributed by atoms with Crippen LogP contribution in [0, 0.1) is 0 Å². The van der Waals surface area contributed by atoms with E-state index in [-0.39, 0.29) is 5.41 Å². The van der Waals surface area contributed by atoms with E-state index in [0.717, 1.165) is 57.8 Å². The van der Waals surface area contributed by atoms with Gasteiger partial charge in [0.05, 0.1) is 22.9 Å². The Morgan fingerprint density at radius 2 is 1.47 bits per heavy atom. The lowest BCUT2D eigenvalue weighted by Crippen LogP contribution is -2.30. The molecular weight excluding hydrogens is 416 g/mol. The Morgan fingerprint density at radius 1 is 0.706 bits per heavy atom. The number of hydrogen-bond donors (Lipinski definition) is 0. The summed E-state index contributed by atoms with van der Waals surface area (Å²) in [5, 5.41) is 0. The molecule has 166 valence electrons. The van der Waals surface area contributed by atoms with Crippen molar-refractivity contribution in [2.75, 3.05) is 0 Å². The maximum Gasteiger partial charge on any atom is 0.131 e. The first-order chi connectivity index (χ1) is 16.7. The van der Waals surface area contributed by atoms with Crippen LogP contribution in [0.3, 0.4) is 0 Å². The molecule has 0 bridgehead atoms. The molecule has 1 aliphatic rings. The molecule has 4 aromatic carbocycles. The summed E-state index contributed by atoms with van der Waals surface area (Å²) in [7, 11) is 0. The standard InChI is InChI=1S/C31H26N2O/c1-3-31(4-2)24-14-8-9-16-28(24)34-29-18-17-22(19-25(29)31)27-20-32-30-23(13-10-15-26(30)33-27)21-11-6-5-7-12-21/h5-20H,3-4H2,1-2H3. The molecule has 0 radical (unpaired) electrons. The van der Waals surface area contributed by atoms with E-state index in [1.807, 2.05) is 24.4 Å². The number of rotatable bonds is 4. The molecule has 1 aliphatic heterocycles. The van der Waals surface area contributed by atoms with Crippen LogP contribution in [0.5, 0.6) is 11.5 Å². The zero-order chi connectivity index (χ0) is 23.1. The highest BCUT2D eigenvalue weighted by Crippen LogP contribution is 2.52. The lowest BCUT2D eigenvalue weighted by atomic mass is 9.68. The van der Waals surface area contributed by atoms with Crippen LogP contribution >= 0.6 is 0 Å². The van der Waals surface area contributed by atoms with Crippen LogP contribution in [0.1, 0.15) is 37.8 Å². The molecule has 0 unspecified atom stereocenters. The Labute approximate surface area is 200 Å². The third-order valence-electron chi connectivity index (χ3n) is 7.28. The summed E-state index contributed by atoms with van der Waals surface area (Å²) in [6.07, 6.45) is 3.90. The van der Waals surface area contributed by atoms with Crippen LogP contribution < -0.4 is 4.74 Å². The van der Waals surface area contributed by atoms with Gasteiger partial charge in [-0.25, -0.2) is 4.98 Å². The first-order valence-corrected chi connectivity index (χ1v) is 12.0. The van der Waals surface area contributed by atoms with Crippen molar-refractivity contribution in [3.8, 4) is 33.9 Å². The second kappa shape index (κ2) is 8.11. The normalized spacial score (nSPS) is 13.7. The zero-order valence-corrected chi connectivity index (χ0v) is 19.5. The highest BCUT2D eigenvalue weighted by molar-refractivity contribution is 5.92. The average molecular weight is 443 g/mol. The van der Waals surface area contributed by atoms with E-state index >= 15 is 0 Å². The third kappa shape index (κ3) is 3.12. The maximum atomic E-state index is 6.33. The van der Waals surface area contributed by atoms with E-state index in [9.17, 15) is 0 Å². The van der Waals surface area contributed by atoms with Gasteiger partial charge in [0.15, 0.2) is 0 Å². The van der Waals surface area contributed by atoms with Gasteiger partial charge in [0.1, 0.15) is 11.5 Å². The Balaban J connectivity index is 1.48. The molecular formula is C31H26N2O. The topological polar surface area (TPSA) is 35.0 Å². The summed E-state index contributed by atoms with van der Waals surface area (Å²) in [5.74, 6) is 1.90. The fourth-order valence-electron chi connectivity index (χ4n) is 5.41. The van der Waals surface area contributed by atoms with Crippen LogP contribution in [-0.4, -0.2) is 9.97 Å². The van der Waals surface area contributed by atoms with Gasteiger partial charge in [-0.3, -0.25) is 4.98 Å². The number of para-hydroxylation sites is 2. The molecule has 0 fully saturated rings. The van der Waals surface area contributed by atoms with Crippen molar-refractivity contribution in [1.29, 1.82) is 0 Å². The van der Waals surface area contributed by atoms with Gasteiger partial charge in [0.25, 0.3) is 0 Å². The van der Waals surface area contributed by atoms with Gasteiger partial charge in [-0.2, -0.15) is 0 Å². The fraction of sp³-hybridized carbons (Fsp3) is 0.161. The largest absolute Gasteiger partial charge is 0.457 e. The van der Waals surface area contributed by atoms with Gasteiger partial charge in [0, 0.05) is 27.7 Å². The number of aromatic nitrogens is 2. The zero-order valence-electron chi connectivity index (χ0n) is 19.5. The molecule has 1 aromatic heterocycles. The summed E-state index contributed by atoms with van der Waals surface area (Å²) >= 11 is 0. The first kappa shape index (κ1) is 20.6. The monoisotopic (exact) mass is 442 g/mol. The van der Waals surface area contributed by atoms with Crippen LogP contribution in [0.15, 0.2) is 97.2 Å². The summed E-state index contributed by atoms with van der Waals surface area (Å²) < 4.78 is 6.33. The summed E-state index contributed by atoms with van der Waals surface area (Å²) in [6, 6.07) is 31.4. The molecule has 6 rings (SSSR count). The van der Waals surface area contributed by atoms with E-state index < -0.39 is 0 Å². The minimum Gasteiger partial charge on any atom is -0.457 e. The lowest BCUT2D eigenvalue weighted by Gasteiger charge is -2.39. The second-order valence-corrected chi connectivity index (χ2v) is 8.89. The molecule has 0 spiro atoms. The van der Waals surface area contributed by atoms with Crippen LogP contribution in [0.2, 0.25) is 0 Å². The van der Waals surface area contributed by atoms with E-state index in [1.54, 1.807) is 0 Å². The van der Waals surface area contributed by atoms with Gasteiger partial charge in [0.2, 0.25) is 0 Å². The summed E-state index contributed by atoms with van der Waals surface area (Å²) in [6.45, 7) is 4.53. The molecule has 3 heteroatoms. The molecule has 0 atom stereocenters. The molecule has 34 heavy (non-hydrogen) atoms. The van der Waals surface area contributed by atoms with Gasteiger partial charge in [-0.15, -0.1) is 0 Å². The van der Waals surface area contributed by atoms with Crippen molar-refractivity contribution in [1.82, 2.24) is 9.97 Å². The lowest BCUT2D eigenvalue weighted by molar-refractivity contribution is 0.375. The molecule has 0 saturated carbocycles. The highest BCUT2D eigenvalue weighted by Gasteiger charge is 2.39. The van der Waals surface area contributed by atoms with Crippen LogP contribution in [-0.2, 0) is 5.41 Å². The predicted octanol–water partition coefficient (Wildman–Crippen LogP) is 8.18. The smallest absolute Gasteiger partial charge is 0.131 e. The van der Waals surface area contributed by atoms with Crippen molar-refractivity contribution >= 4 is 11.0 Å². The molecule has 2 heterocycles. The Hall–Kier alpha value is -3.98. The van der Waals surface area contributed by atoms with Crippen molar-refractivity contribution < 1.29 is 4.74 Å². The summed E-state index contributed by atoms with van der Waals surface area (Å²) in [4.78, 5) is 9.89. The van der Waals surface area contributed by atoms with Crippen LogP contribution in [0.25, 0.3) is 33.4 Å². The minimum atomic E-state index is -0.0784. The van der Waals surface area contributed by atoms with Crippen molar-refractivity contribution in [2.45, 2.75) is 32.1 Å². The molecule has 0 N–H and O–H groups in total. The number of hydrogen-bond acceptors (Lipinski definition) is 3. The Morgan fingerprint density at radius 3 is 2.29 bits per heavy atom. The SMILES string of the molecule is CCC1(CC)c2ccccc2Oc2ccc(-c3cnc4c(-c5ccccc5)cccc4n3)cc21. The fourth-order valence-corrected chi connectivity index (χ4v) is 5.41. The average Bonchev–Trinajstić information content (AvgIpc) is 2.91.